The standard InChI is InChI=1S/C15H25NO3/c1-11(10-17)12(2)16-13(18)9-15(14(16)19)7-5-3-4-6-8-15/h11-12,17H,3-10H2,1-2H3. The van der Waals surface area contributed by atoms with Crippen molar-refractivity contribution in [1.29, 1.82) is 0 Å². The van der Waals surface area contributed by atoms with Gasteiger partial charge in [-0.3, -0.25) is 14.5 Å². The Bertz CT molecular complexity index is 358. The highest BCUT2D eigenvalue weighted by Crippen LogP contribution is 2.45. The number of rotatable bonds is 3. The van der Waals surface area contributed by atoms with Crippen LogP contribution in [0, 0.1) is 11.3 Å². The highest BCUT2D eigenvalue weighted by Gasteiger charge is 2.52. The molecule has 0 bridgehead atoms. The molecule has 19 heavy (non-hydrogen) atoms. The van der Waals surface area contributed by atoms with Crippen molar-refractivity contribution < 1.29 is 14.7 Å². The minimum absolute atomic E-state index is 0.00519. The van der Waals surface area contributed by atoms with Gasteiger partial charge in [0, 0.05) is 19.1 Å². The smallest absolute Gasteiger partial charge is 0.236 e. The van der Waals surface area contributed by atoms with Crippen LogP contribution >= 0.6 is 0 Å². The molecule has 4 nitrogen and oxygen atoms in total. The number of carbonyl (C=O) groups is 2. The first-order chi connectivity index (χ1) is 9.02. The average molecular weight is 267 g/mol. The fraction of sp³-hybridized carbons (Fsp3) is 0.867. The van der Waals surface area contributed by atoms with E-state index in [0.717, 1.165) is 25.7 Å². The minimum atomic E-state index is -0.420. The normalized spacial score (nSPS) is 26.6. The zero-order valence-electron chi connectivity index (χ0n) is 12.0. The SMILES string of the molecule is CC(CO)C(C)N1C(=O)CC2(CCCCCC2)C1=O. The van der Waals surface area contributed by atoms with Gasteiger partial charge in [0.05, 0.1) is 5.41 Å². The van der Waals surface area contributed by atoms with E-state index in [1.165, 1.54) is 17.7 Å². The molecule has 2 rings (SSSR count). The van der Waals surface area contributed by atoms with Crippen LogP contribution in [0.2, 0.25) is 0 Å². The van der Waals surface area contributed by atoms with E-state index in [4.69, 9.17) is 0 Å². The third-order valence-corrected chi connectivity index (χ3v) is 5.01. The molecular formula is C15H25NO3. The first-order valence-corrected chi connectivity index (χ1v) is 7.49. The van der Waals surface area contributed by atoms with E-state index in [9.17, 15) is 14.7 Å². The summed E-state index contributed by atoms with van der Waals surface area (Å²) >= 11 is 0. The number of aliphatic hydroxyl groups excluding tert-OH is 1. The topological polar surface area (TPSA) is 57.6 Å². The molecule has 0 radical (unpaired) electrons. The highest BCUT2D eigenvalue weighted by atomic mass is 16.3. The summed E-state index contributed by atoms with van der Waals surface area (Å²) < 4.78 is 0. The van der Waals surface area contributed by atoms with Crippen LogP contribution in [0.1, 0.15) is 58.8 Å². The maximum Gasteiger partial charge on any atom is 0.236 e. The summed E-state index contributed by atoms with van der Waals surface area (Å²) in [5.41, 5.74) is -0.420. The third-order valence-electron chi connectivity index (χ3n) is 5.01. The second-order valence-corrected chi connectivity index (χ2v) is 6.34. The van der Waals surface area contributed by atoms with Crippen LogP contribution in [0.5, 0.6) is 0 Å². The Hall–Kier alpha value is -0.900. The fourth-order valence-corrected chi connectivity index (χ4v) is 3.43. The summed E-state index contributed by atoms with van der Waals surface area (Å²) in [6.07, 6.45) is 6.54. The molecule has 1 heterocycles. The molecule has 0 aromatic heterocycles. The molecule has 108 valence electrons. The number of nitrogens with zero attached hydrogens (tertiary/aromatic N) is 1. The fourth-order valence-electron chi connectivity index (χ4n) is 3.43. The Morgan fingerprint density at radius 2 is 1.74 bits per heavy atom. The van der Waals surface area contributed by atoms with Gasteiger partial charge in [0.2, 0.25) is 11.8 Å². The quantitative estimate of drug-likeness (QED) is 0.797. The van der Waals surface area contributed by atoms with Crippen LogP contribution in [0.15, 0.2) is 0 Å². The molecule has 1 aliphatic carbocycles. The highest BCUT2D eigenvalue weighted by molar-refractivity contribution is 6.06. The zero-order valence-corrected chi connectivity index (χ0v) is 12.0. The summed E-state index contributed by atoms with van der Waals surface area (Å²) in [4.78, 5) is 26.4. The Balaban J connectivity index is 2.19. The van der Waals surface area contributed by atoms with Crippen LogP contribution in [0.4, 0.5) is 0 Å². The number of likely N-dealkylation sites (tertiary alicyclic amines) is 1. The number of carbonyl (C=O) groups excluding carboxylic acids is 2. The van der Waals surface area contributed by atoms with Crippen molar-refractivity contribution in [2.24, 2.45) is 11.3 Å². The molecule has 2 aliphatic rings. The van der Waals surface area contributed by atoms with Crippen molar-refractivity contribution in [3.63, 3.8) is 0 Å². The van der Waals surface area contributed by atoms with E-state index >= 15 is 0 Å². The van der Waals surface area contributed by atoms with Crippen LogP contribution in [0.3, 0.4) is 0 Å². The first kappa shape index (κ1) is 14.5. The van der Waals surface area contributed by atoms with Crippen LogP contribution in [-0.2, 0) is 9.59 Å². The lowest BCUT2D eigenvalue weighted by molar-refractivity contribution is -0.145. The Labute approximate surface area is 115 Å². The van der Waals surface area contributed by atoms with E-state index < -0.39 is 5.41 Å². The molecule has 2 unspecified atom stereocenters. The van der Waals surface area contributed by atoms with Crippen molar-refractivity contribution in [2.75, 3.05) is 6.61 Å². The van der Waals surface area contributed by atoms with E-state index in [1.807, 2.05) is 13.8 Å². The number of imide groups is 1. The Morgan fingerprint density at radius 3 is 2.26 bits per heavy atom. The molecule has 1 saturated carbocycles. The lowest BCUT2D eigenvalue weighted by atomic mass is 9.79. The van der Waals surface area contributed by atoms with E-state index in [2.05, 4.69) is 0 Å². The largest absolute Gasteiger partial charge is 0.396 e. The molecule has 2 atom stereocenters. The molecule has 2 fully saturated rings. The molecule has 1 N–H and O–H groups in total. The molecule has 0 aromatic rings. The maximum absolute atomic E-state index is 12.7. The van der Waals surface area contributed by atoms with Gasteiger partial charge in [0.1, 0.15) is 0 Å². The second kappa shape index (κ2) is 5.61. The van der Waals surface area contributed by atoms with E-state index in [-0.39, 0.29) is 30.4 Å². The lowest BCUT2D eigenvalue weighted by Crippen LogP contribution is -2.45. The van der Waals surface area contributed by atoms with Crippen LogP contribution in [-0.4, -0.2) is 34.5 Å². The van der Waals surface area contributed by atoms with Crippen molar-refractivity contribution in [3.8, 4) is 0 Å². The van der Waals surface area contributed by atoms with Gasteiger partial charge in [0.25, 0.3) is 0 Å². The second-order valence-electron chi connectivity index (χ2n) is 6.34. The number of aliphatic hydroxyl groups is 1. The van der Waals surface area contributed by atoms with Gasteiger partial charge in [-0.05, 0) is 25.7 Å². The van der Waals surface area contributed by atoms with Crippen molar-refractivity contribution >= 4 is 11.8 Å². The minimum Gasteiger partial charge on any atom is -0.396 e. The summed E-state index contributed by atoms with van der Waals surface area (Å²) in [7, 11) is 0. The summed E-state index contributed by atoms with van der Waals surface area (Å²) in [6.45, 7) is 3.75. The summed E-state index contributed by atoms with van der Waals surface area (Å²) in [5.74, 6) is -0.0827. The van der Waals surface area contributed by atoms with Gasteiger partial charge in [-0.2, -0.15) is 0 Å². The lowest BCUT2D eigenvalue weighted by Gasteiger charge is -2.30. The van der Waals surface area contributed by atoms with Gasteiger partial charge in [-0.25, -0.2) is 0 Å². The number of amides is 2. The molecule has 0 aromatic carbocycles. The molecule has 1 spiro atoms. The van der Waals surface area contributed by atoms with Crippen LogP contribution < -0.4 is 0 Å². The average Bonchev–Trinajstić information content (AvgIpc) is 2.58. The van der Waals surface area contributed by atoms with Crippen LogP contribution in [0.25, 0.3) is 0 Å². The predicted molar refractivity (Wildman–Crippen MR) is 72.3 cm³/mol. The summed E-state index contributed by atoms with van der Waals surface area (Å²) in [6, 6.07) is -0.201. The van der Waals surface area contributed by atoms with Gasteiger partial charge < -0.3 is 5.11 Å². The zero-order chi connectivity index (χ0) is 14.0. The summed E-state index contributed by atoms with van der Waals surface area (Å²) in [5, 5.41) is 9.24. The van der Waals surface area contributed by atoms with Crippen molar-refractivity contribution in [1.82, 2.24) is 4.90 Å². The number of hydrogen-bond acceptors (Lipinski definition) is 3. The molecule has 4 heteroatoms. The molecular weight excluding hydrogens is 242 g/mol. The van der Waals surface area contributed by atoms with E-state index in [0.29, 0.717) is 6.42 Å². The third kappa shape index (κ3) is 2.55. The van der Waals surface area contributed by atoms with Crippen molar-refractivity contribution in [2.45, 2.75) is 64.8 Å². The van der Waals surface area contributed by atoms with Gasteiger partial charge >= 0.3 is 0 Å². The molecule has 2 amide bonds. The Kier molecular flexibility index (Phi) is 4.29. The predicted octanol–water partition coefficient (Wildman–Crippen LogP) is 2.10. The van der Waals surface area contributed by atoms with Crippen molar-refractivity contribution in [3.05, 3.63) is 0 Å². The van der Waals surface area contributed by atoms with Gasteiger partial charge in [-0.15, -0.1) is 0 Å². The Morgan fingerprint density at radius 1 is 1.16 bits per heavy atom. The van der Waals surface area contributed by atoms with E-state index in [1.54, 1.807) is 0 Å². The first-order valence-electron chi connectivity index (χ1n) is 7.49. The molecule has 1 aliphatic heterocycles. The van der Waals surface area contributed by atoms with Gasteiger partial charge in [0.15, 0.2) is 0 Å². The molecule has 1 saturated heterocycles. The number of hydrogen-bond donors (Lipinski definition) is 1. The maximum atomic E-state index is 12.7. The van der Waals surface area contributed by atoms with Gasteiger partial charge in [-0.1, -0.05) is 32.6 Å². The monoisotopic (exact) mass is 267 g/mol.